The van der Waals surface area contributed by atoms with Gasteiger partial charge in [0.2, 0.25) is 11.7 Å². The number of nitrogens with zero attached hydrogens (tertiary/aromatic N) is 3. The zero-order valence-electron chi connectivity index (χ0n) is 11.3. The number of rotatable bonds is 3. The van der Waals surface area contributed by atoms with E-state index in [1.54, 1.807) is 11.3 Å². The minimum absolute atomic E-state index is 0.497. The van der Waals surface area contributed by atoms with Crippen LogP contribution in [0.3, 0.4) is 0 Å². The molecule has 2 aliphatic heterocycles. The molecule has 20 heavy (non-hydrogen) atoms. The van der Waals surface area contributed by atoms with Gasteiger partial charge < -0.3 is 9.84 Å². The van der Waals surface area contributed by atoms with Crippen LogP contribution in [0.15, 0.2) is 22.0 Å². The number of thiophene rings is 1. The van der Waals surface area contributed by atoms with Gasteiger partial charge in [-0.2, -0.15) is 4.98 Å². The molecule has 0 saturated carbocycles. The first kappa shape index (κ1) is 12.5. The monoisotopic (exact) mass is 290 g/mol. The summed E-state index contributed by atoms with van der Waals surface area (Å²) in [5, 5.41) is 9.59. The minimum atomic E-state index is 0.497. The average molecular weight is 290 g/mol. The van der Waals surface area contributed by atoms with Gasteiger partial charge in [0.05, 0.1) is 11.4 Å². The Kier molecular flexibility index (Phi) is 3.09. The van der Waals surface area contributed by atoms with Crippen molar-refractivity contribution in [1.82, 2.24) is 20.4 Å². The van der Waals surface area contributed by atoms with E-state index in [4.69, 9.17) is 4.52 Å². The molecule has 4 rings (SSSR count). The van der Waals surface area contributed by atoms with Crippen molar-refractivity contribution in [2.45, 2.75) is 19.4 Å². The first-order chi connectivity index (χ1) is 9.83. The molecule has 0 aromatic carbocycles. The number of hydrogen-bond donors (Lipinski definition) is 1. The highest BCUT2D eigenvalue weighted by Gasteiger charge is 2.40. The maximum absolute atomic E-state index is 5.39. The second-order valence-corrected chi connectivity index (χ2v) is 6.82. The van der Waals surface area contributed by atoms with Gasteiger partial charge in [-0.3, -0.25) is 4.90 Å². The van der Waals surface area contributed by atoms with Crippen LogP contribution >= 0.6 is 11.3 Å². The average Bonchev–Trinajstić information content (AvgIpc) is 3.21. The molecular formula is C14H18N4OS. The fraction of sp³-hybridized carbons (Fsp3) is 0.571. The van der Waals surface area contributed by atoms with E-state index in [2.05, 4.69) is 20.4 Å². The summed E-state index contributed by atoms with van der Waals surface area (Å²) in [6.45, 7) is 5.39. The molecule has 2 aliphatic rings. The third-order valence-electron chi connectivity index (χ3n) is 4.42. The molecule has 2 fully saturated rings. The summed E-state index contributed by atoms with van der Waals surface area (Å²) in [6.07, 6.45) is 2.58. The van der Waals surface area contributed by atoms with Gasteiger partial charge in [0, 0.05) is 13.1 Å². The Morgan fingerprint density at radius 1 is 1.45 bits per heavy atom. The molecule has 2 aromatic heterocycles. The predicted octanol–water partition coefficient (Wildman–Crippen LogP) is 1.98. The molecule has 2 aromatic rings. The molecule has 5 nitrogen and oxygen atoms in total. The molecule has 0 radical (unpaired) electrons. The van der Waals surface area contributed by atoms with Crippen molar-refractivity contribution in [2.75, 3.05) is 26.2 Å². The van der Waals surface area contributed by atoms with Crippen LogP contribution in [0.1, 0.15) is 18.7 Å². The molecule has 1 unspecified atom stereocenters. The van der Waals surface area contributed by atoms with Gasteiger partial charge in [0.1, 0.15) is 0 Å². The van der Waals surface area contributed by atoms with Gasteiger partial charge >= 0.3 is 0 Å². The molecule has 106 valence electrons. The lowest BCUT2D eigenvalue weighted by atomic mass is 9.87. The lowest BCUT2D eigenvalue weighted by Crippen LogP contribution is -2.29. The maximum Gasteiger partial charge on any atom is 0.241 e. The van der Waals surface area contributed by atoms with E-state index in [9.17, 15) is 0 Å². The van der Waals surface area contributed by atoms with Crippen molar-refractivity contribution >= 4 is 11.3 Å². The highest BCUT2D eigenvalue weighted by molar-refractivity contribution is 7.13. The Morgan fingerprint density at radius 2 is 2.45 bits per heavy atom. The quantitative estimate of drug-likeness (QED) is 0.937. The van der Waals surface area contributed by atoms with Crippen molar-refractivity contribution in [3.63, 3.8) is 0 Å². The van der Waals surface area contributed by atoms with Crippen molar-refractivity contribution in [1.29, 1.82) is 0 Å². The van der Waals surface area contributed by atoms with E-state index in [1.807, 2.05) is 17.5 Å². The van der Waals surface area contributed by atoms with Crippen LogP contribution < -0.4 is 5.32 Å². The molecule has 0 amide bonds. The van der Waals surface area contributed by atoms with Crippen LogP contribution in [-0.4, -0.2) is 41.2 Å². The van der Waals surface area contributed by atoms with Gasteiger partial charge in [-0.05, 0) is 42.8 Å². The van der Waals surface area contributed by atoms with E-state index in [0.29, 0.717) is 11.2 Å². The summed E-state index contributed by atoms with van der Waals surface area (Å²) < 4.78 is 5.39. The molecule has 4 heterocycles. The van der Waals surface area contributed by atoms with Crippen LogP contribution in [0, 0.1) is 5.41 Å². The number of aromatic nitrogens is 2. The maximum atomic E-state index is 5.39. The van der Waals surface area contributed by atoms with Crippen LogP contribution in [-0.2, 0) is 6.54 Å². The van der Waals surface area contributed by atoms with E-state index in [1.165, 1.54) is 12.8 Å². The molecule has 0 aliphatic carbocycles. The summed E-state index contributed by atoms with van der Waals surface area (Å²) in [5.41, 5.74) is 0.497. The van der Waals surface area contributed by atoms with Gasteiger partial charge in [0.15, 0.2) is 0 Å². The summed E-state index contributed by atoms with van der Waals surface area (Å²) in [4.78, 5) is 8.02. The van der Waals surface area contributed by atoms with Crippen LogP contribution in [0.25, 0.3) is 10.7 Å². The highest BCUT2D eigenvalue weighted by atomic mass is 32.1. The Hall–Kier alpha value is -1.24. The largest absolute Gasteiger partial charge is 0.338 e. The smallest absolute Gasteiger partial charge is 0.241 e. The third-order valence-corrected chi connectivity index (χ3v) is 5.28. The van der Waals surface area contributed by atoms with Gasteiger partial charge in [-0.25, -0.2) is 0 Å². The molecule has 0 bridgehead atoms. The molecule has 1 atom stereocenters. The van der Waals surface area contributed by atoms with Crippen molar-refractivity contribution in [3.05, 3.63) is 23.4 Å². The van der Waals surface area contributed by atoms with E-state index in [0.717, 1.165) is 43.5 Å². The molecule has 1 N–H and O–H groups in total. The summed E-state index contributed by atoms with van der Waals surface area (Å²) in [7, 11) is 0. The fourth-order valence-electron chi connectivity index (χ4n) is 3.32. The summed E-state index contributed by atoms with van der Waals surface area (Å²) in [6, 6.07) is 4.03. The molecule has 6 heteroatoms. The standard InChI is InChI=1S/C14H18N4OS/c1-2-11(20-7-1)13-16-12(19-17-13)8-18-6-4-14(10-18)3-5-15-9-14/h1-2,7,15H,3-6,8-10H2. The molecule has 2 saturated heterocycles. The minimum Gasteiger partial charge on any atom is -0.338 e. The van der Waals surface area contributed by atoms with Crippen LogP contribution in [0.5, 0.6) is 0 Å². The number of likely N-dealkylation sites (tertiary alicyclic amines) is 1. The number of nitrogens with one attached hydrogen (secondary N) is 1. The van der Waals surface area contributed by atoms with Gasteiger partial charge in [0.25, 0.3) is 0 Å². The summed E-state index contributed by atoms with van der Waals surface area (Å²) in [5.74, 6) is 1.45. The topological polar surface area (TPSA) is 54.2 Å². The summed E-state index contributed by atoms with van der Waals surface area (Å²) >= 11 is 1.64. The Labute approximate surface area is 122 Å². The Balaban J connectivity index is 1.43. The van der Waals surface area contributed by atoms with Crippen LogP contribution in [0.2, 0.25) is 0 Å². The molecular weight excluding hydrogens is 272 g/mol. The first-order valence-electron chi connectivity index (χ1n) is 7.13. The van der Waals surface area contributed by atoms with E-state index < -0.39 is 0 Å². The third kappa shape index (κ3) is 2.28. The van der Waals surface area contributed by atoms with Crippen molar-refractivity contribution < 1.29 is 4.52 Å². The fourth-order valence-corrected chi connectivity index (χ4v) is 3.97. The number of hydrogen-bond acceptors (Lipinski definition) is 6. The first-order valence-corrected chi connectivity index (χ1v) is 8.01. The van der Waals surface area contributed by atoms with Crippen molar-refractivity contribution in [2.24, 2.45) is 5.41 Å². The van der Waals surface area contributed by atoms with Gasteiger partial charge in [-0.15, -0.1) is 11.3 Å². The second-order valence-electron chi connectivity index (χ2n) is 5.88. The lowest BCUT2D eigenvalue weighted by Gasteiger charge is -2.21. The zero-order chi connectivity index (χ0) is 13.4. The Morgan fingerprint density at radius 3 is 3.25 bits per heavy atom. The highest BCUT2D eigenvalue weighted by Crippen LogP contribution is 2.36. The van der Waals surface area contributed by atoms with E-state index in [-0.39, 0.29) is 0 Å². The Bertz CT molecular complexity index is 574. The zero-order valence-corrected chi connectivity index (χ0v) is 12.2. The van der Waals surface area contributed by atoms with E-state index >= 15 is 0 Å². The van der Waals surface area contributed by atoms with Crippen molar-refractivity contribution in [3.8, 4) is 10.7 Å². The lowest BCUT2D eigenvalue weighted by molar-refractivity contribution is 0.236. The predicted molar refractivity (Wildman–Crippen MR) is 77.4 cm³/mol. The second kappa shape index (κ2) is 4.95. The normalized spacial score (nSPS) is 26.8. The van der Waals surface area contributed by atoms with Crippen LogP contribution in [0.4, 0.5) is 0 Å². The molecule has 1 spiro atoms. The SMILES string of the molecule is c1csc(-c2noc(CN3CCC4(CCNC4)C3)n2)c1. The van der Waals surface area contributed by atoms with Gasteiger partial charge in [-0.1, -0.05) is 11.2 Å².